The van der Waals surface area contributed by atoms with E-state index < -0.39 is 11.9 Å². The number of phenols is 1. The molecule has 0 saturated heterocycles. The quantitative estimate of drug-likeness (QED) is 0.689. The first-order chi connectivity index (χ1) is 11.3. The van der Waals surface area contributed by atoms with Crippen LogP contribution in [-0.2, 0) is 14.3 Å². The fourth-order valence-corrected chi connectivity index (χ4v) is 2.83. The van der Waals surface area contributed by atoms with Crippen LogP contribution < -0.4 is 4.90 Å². The van der Waals surface area contributed by atoms with E-state index in [9.17, 15) is 14.7 Å². The van der Waals surface area contributed by atoms with Gasteiger partial charge in [-0.25, -0.2) is 0 Å². The zero-order chi connectivity index (χ0) is 17.9. The Kier molecular flexibility index (Phi) is 5.24. The van der Waals surface area contributed by atoms with Gasteiger partial charge in [0.25, 0.3) is 0 Å². The number of esters is 1. The fourth-order valence-electron chi connectivity index (χ4n) is 2.83. The summed E-state index contributed by atoms with van der Waals surface area (Å²) in [6.07, 6.45) is -0.376. The van der Waals surface area contributed by atoms with E-state index in [2.05, 4.69) is 4.74 Å². The lowest BCUT2D eigenvalue weighted by Gasteiger charge is -2.26. The third kappa shape index (κ3) is 3.74. The largest absolute Gasteiger partial charge is 0.508 e. The predicted molar refractivity (Wildman–Crippen MR) is 92.5 cm³/mol. The molecular formula is C19H21NO4. The summed E-state index contributed by atoms with van der Waals surface area (Å²) in [6, 6.07) is 10.3. The van der Waals surface area contributed by atoms with Crippen LogP contribution in [0.15, 0.2) is 36.4 Å². The summed E-state index contributed by atoms with van der Waals surface area (Å²) in [5.41, 5.74) is 4.12. The van der Waals surface area contributed by atoms with E-state index in [1.165, 1.54) is 24.1 Å². The molecule has 0 aliphatic heterocycles. The molecule has 5 nitrogen and oxygen atoms in total. The van der Waals surface area contributed by atoms with E-state index in [0.717, 1.165) is 16.7 Å². The van der Waals surface area contributed by atoms with Gasteiger partial charge in [0.05, 0.1) is 18.5 Å². The smallest absolute Gasteiger partial charge is 0.315 e. The van der Waals surface area contributed by atoms with Crippen LogP contribution in [0.1, 0.15) is 23.1 Å². The molecule has 0 aromatic heterocycles. The van der Waals surface area contributed by atoms with Crippen molar-refractivity contribution in [2.75, 3.05) is 12.0 Å². The third-order valence-electron chi connectivity index (χ3n) is 3.72. The number of methoxy groups -OCH3 is 1. The van der Waals surface area contributed by atoms with Gasteiger partial charge in [0.2, 0.25) is 5.91 Å². The molecule has 0 radical (unpaired) electrons. The van der Waals surface area contributed by atoms with Gasteiger partial charge in [0, 0.05) is 6.07 Å². The summed E-state index contributed by atoms with van der Waals surface area (Å²) < 4.78 is 4.61. The second-order valence-electron chi connectivity index (χ2n) is 5.75. The van der Waals surface area contributed by atoms with Gasteiger partial charge in [-0.15, -0.1) is 0 Å². The van der Waals surface area contributed by atoms with E-state index >= 15 is 0 Å². The Balaban J connectivity index is 2.59. The van der Waals surface area contributed by atoms with Gasteiger partial charge in [-0.1, -0.05) is 23.8 Å². The minimum absolute atomic E-state index is 0.0470. The molecule has 5 heteroatoms. The maximum absolute atomic E-state index is 12.8. The van der Waals surface area contributed by atoms with Crippen LogP contribution in [0.5, 0.6) is 5.75 Å². The Morgan fingerprint density at radius 3 is 2.25 bits per heavy atom. The second-order valence-corrected chi connectivity index (χ2v) is 5.75. The maximum Gasteiger partial charge on any atom is 0.315 e. The van der Waals surface area contributed by atoms with Gasteiger partial charge < -0.3 is 9.84 Å². The van der Waals surface area contributed by atoms with Crippen molar-refractivity contribution in [3.05, 3.63) is 53.1 Å². The van der Waals surface area contributed by atoms with E-state index in [-0.39, 0.29) is 12.2 Å². The molecule has 0 atom stereocenters. The molecule has 2 rings (SSSR count). The van der Waals surface area contributed by atoms with Crippen LogP contribution in [-0.4, -0.2) is 24.1 Å². The number of carbonyl (C=O) groups is 2. The molecular weight excluding hydrogens is 306 g/mol. The highest BCUT2D eigenvalue weighted by atomic mass is 16.5. The number of amides is 1. The first kappa shape index (κ1) is 17.5. The van der Waals surface area contributed by atoms with Crippen LogP contribution in [0.3, 0.4) is 0 Å². The lowest BCUT2D eigenvalue weighted by atomic mass is 10.0. The first-order valence-corrected chi connectivity index (χ1v) is 7.60. The number of anilines is 2. The summed E-state index contributed by atoms with van der Waals surface area (Å²) in [4.78, 5) is 25.8. The molecule has 0 bridgehead atoms. The zero-order valence-electron chi connectivity index (χ0n) is 14.3. The van der Waals surface area contributed by atoms with Gasteiger partial charge in [-0.05, 0) is 44.0 Å². The van der Waals surface area contributed by atoms with Crippen molar-refractivity contribution >= 4 is 23.3 Å². The van der Waals surface area contributed by atoms with E-state index in [1.807, 2.05) is 32.9 Å². The van der Waals surface area contributed by atoms with Crippen molar-refractivity contribution in [2.24, 2.45) is 0 Å². The van der Waals surface area contributed by atoms with E-state index in [0.29, 0.717) is 11.4 Å². The number of hydrogen-bond acceptors (Lipinski definition) is 4. The summed E-state index contributed by atoms with van der Waals surface area (Å²) in [6.45, 7) is 5.81. The number of carbonyl (C=O) groups excluding carboxylic acids is 2. The maximum atomic E-state index is 12.8. The van der Waals surface area contributed by atoms with Gasteiger partial charge in [0.1, 0.15) is 12.2 Å². The predicted octanol–water partition coefficient (Wildman–Crippen LogP) is 3.55. The highest BCUT2D eigenvalue weighted by molar-refractivity contribution is 6.08. The topological polar surface area (TPSA) is 66.8 Å². The number of hydrogen-bond donors (Lipinski definition) is 1. The van der Waals surface area contributed by atoms with Crippen LogP contribution in [0, 0.1) is 20.8 Å². The third-order valence-corrected chi connectivity index (χ3v) is 3.72. The normalized spacial score (nSPS) is 10.3. The molecule has 2 aromatic carbocycles. The number of aryl methyl sites for hydroxylation is 3. The van der Waals surface area contributed by atoms with E-state index in [4.69, 9.17) is 0 Å². The van der Waals surface area contributed by atoms with Gasteiger partial charge in [0.15, 0.2) is 0 Å². The molecule has 0 spiro atoms. The SMILES string of the molecule is COC(=O)CC(=O)N(c1cccc(O)c1)c1c(C)cc(C)cc1C. The molecule has 1 amide bonds. The molecule has 0 unspecified atom stereocenters. The Bertz CT molecular complexity index is 760. The number of rotatable bonds is 4. The Labute approximate surface area is 141 Å². The molecule has 2 aromatic rings. The molecule has 126 valence electrons. The lowest BCUT2D eigenvalue weighted by molar-refractivity contribution is -0.143. The molecule has 0 fully saturated rings. The van der Waals surface area contributed by atoms with Gasteiger partial charge in [-0.2, -0.15) is 0 Å². The minimum atomic E-state index is -0.604. The summed E-state index contributed by atoms with van der Waals surface area (Å²) >= 11 is 0. The Morgan fingerprint density at radius 1 is 1.08 bits per heavy atom. The molecule has 24 heavy (non-hydrogen) atoms. The van der Waals surface area contributed by atoms with Crippen LogP contribution in [0.25, 0.3) is 0 Å². The monoisotopic (exact) mass is 327 g/mol. The van der Waals surface area contributed by atoms with Crippen molar-refractivity contribution in [1.82, 2.24) is 0 Å². The van der Waals surface area contributed by atoms with Crippen molar-refractivity contribution in [3.8, 4) is 5.75 Å². The van der Waals surface area contributed by atoms with Crippen molar-refractivity contribution in [3.63, 3.8) is 0 Å². The molecule has 0 aliphatic rings. The standard InChI is InChI=1S/C19H21NO4/c1-12-8-13(2)19(14(3)9-12)20(17(22)11-18(23)24-4)15-6-5-7-16(21)10-15/h5-10,21H,11H2,1-4H3. The highest BCUT2D eigenvalue weighted by Gasteiger charge is 2.24. The average molecular weight is 327 g/mol. The number of nitrogens with zero attached hydrogens (tertiary/aromatic N) is 1. The van der Waals surface area contributed by atoms with Crippen LogP contribution in [0.4, 0.5) is 11.4 Å². The second kappa shape index (κ2) is 7.17. The summed E-state index contributed by atoms with van der Waals surface area (Å²) in [7, 11) is 1.25. The van der Waals surface area contributed by atoms with Crippen molar-refractivity contribution in [1.29, 1.82) is 0 Å². The summed E-state index contributed by atoms with van der Waals surface area (Å²) in [5, 5.41) is 9.77. The minimum Gasteiger partial charge on any atom is -0.508 e. The van der Waals surface area contributed by atoms with Crippen LogP contribution in [0.2, 0.25) is 0 Å². The number of phenolic OH excluding ortho intramolecular Hbond substituents is 1. The highest BCUT2D eigenvalue weighted by Crippen LogP contribution is 2.34. The molecule has 1 N–H and O–H groups in total. The fraction of sp³-hybridized carbons (Fsp3) is 0.263. The van der Waals surface area contributed by atoms with Crippen molar-refractivity contribution < 1.29 is 19.4 Å². The Hall–Kier alpha value is -2.82. The number of benzene rings is 2. The number of ether oxygens (including phenoxy) is 1. The molecule has 0 heterocycles. The molecule has 0 saturated carbocycles. The van der Waals surface area contributed by atoms with Crippen LogP contribution >= 0.6 is 0 Å². The van der Waals surface area contributed by atoms with Gasteiger partial charge in [-0.3, -0.25) is 14.5 Å². The first-order valence-electron chi connectivity index (χ1n) is 7.60. The zero-order valence-corrected chi connectivity index (χ0v) is 14.3. The number of aromatic hydroxyl groups is 1. The van der Waals surface area contributed by atoms with E-state index in [1.54, 1.807) is 12.1 Å². The lowest BCUT2D eigenvalue weighted by Crippen LogP contribution is -2.29. The summed E-state index contributed by atoms with van der Waals surface area (Å²) in [5.74, 6) is -0.971. The Morgan fingerprint density at radius 2 is 1.71 bits per heavy atom. The average Bonchev–Trinajstić information content (AvgIpc) is 2.50. The van der Waals surface area contributed by atoms with Crippen molar-refractivity contribution in [2.45, 2.75) is 27.2 Å². The molecule has 0 aliphatic carbocycles. The van der Waals surface area contributed by atoms with Gasteiger partial charge >= 0.3 is 5.97 Å².